The Labute approximate surface area is 111 Å². The average Bonchev–Trinajstić information content (AvgIpc) is 2.46. The zero-order valence-corrected chi connectivity index (χ0v) is 10.5. The summed E-state index contributed by atoms with van der Waals surface area (Å²) in [5.74, 6) is 0.492. The summed E-state index contributed by atoms with van der Waals surface area (Å²) in [6, 6.07) is 13.6. The molecule has 0 bridgehead atoms. The molecule has 0 amide bonds. The van der Waals surface area contributed by atoms with Crippen LogP contribution in [0.5, 0.6) is 5.75 Å². The van der Waals surface area contributed by atoms with Crippen molar-refractivity contribution in [3.63, 3.8) is 0 Å². The Morgan fingerprint density at radius 2 is 1.84 bits per heavy atom. The second-order valence-electron chi connectivity index (χ2n) is 3.87. The molecule has 98 valence electrons. The molecule has 0 unspecified atom stereocenters. The quantitative estimate of drug-likeness (QED) is 0.608. The minimum absolute atomic E-state index is 0.271. The monoisotopic (exact) mass is 259 g/mol. The SMILES string of the molecule is COc1ccccc1CON=Cc1ccc(F)cc1. The summed E-state index contributed by atoms with van der Waals surface area (Å²) in [6.07, 6.45) is 1.54. The zero-order chi connectivity index (χ0) is 13.5. The summed E-state index contributed by atoms with van der Waals surface area (Å²) in [6.45, 7) is 0.321. The van der Waals surface area contributed by atoms with Crippen molar-refractivity contribution in [1.29, 1.82) is 0 Å². The highest BCUT2D eigenvalue weighted by Crippen LogP contribution is 2.17. The lowest BCUT2D eigenvalue weighted by Crippen LogP contribution is -1.93. The van der Waals surface area contributed by atoms with Crippen molar-refractivity contribution in [1.82, 2.24) is 0 Å². The van der Waals surface area contributed by atoms with E-state index in [4.69, 9.17) is 9.57 Å². The molecule has 0 saturated heterocycles. The van der Waals surface area contributed by atoms with Crippen LogP contribution in [0.2, 0.25) is 0 Å². The van der Waals surface area contributed by atoms with Crippen molar-refractivity contribution in [2.45, 2.75) is 6.61 Å². The number of benzene rings is 2. The molecule has 0 atom stereocenters. The first-order valence-corrected chi connectivity index (χ1v) is 5.82. The number of methoxy groups -OCH3 is 1. The molecule has 19 heavy (non-hydrogen) atoms. The van der Waals surface area contributed by atoms with E-state index in [-0.39, 0.29) is 5.82 Å². The van der Waals surface area contributed by atoms with E-state index in [0.29, 0.717) is 6.61 Å². The molecular weight excluding hydrogens is 245 g/mol. The number of nitrogens with zero attached hydrogens (tertiary/aromatic N) is 1. The molecular formula is C15H14FNO2. The molecule has 0 fully saturated rings. The van der Waals surface area contributed by atoms with Gasteiger partial charge in [0.1, 0.15) is 18.2 Å². The molecule has 2 aromatic carbocycles. The predicted octanol–water partition coefficient (Wildman–Crippen LogP) is 3.39. The van der Waals surface area contributed by atoms with E-state index < -0.39 is 0 Å². The smallest absolute Gasteiger partial charge is 0.145 e. The van der Waals surface area contributed by atoms with Crippen LogP contribution < -0.4 is 4.74 Å². The Morgan fingerprint density at radius 3 is 2.58 bits per heavy atom. The maximum atomic E-state index is 12.7. The van der Waals surface area contributed by atoms with Gasteiger partial charge in [0.05, 0.1) is 13.3 Å². The highest BCUT2D eigenvalue weighted by molar-refractivity contribution is 5.78. The maximum absolute atomic E-state index is 12.7. The van der Waals surface area contributed by atoms with Gasteiger partial charge in [0, 0.05) is 5.56 Å². The fourth-order valence-corrected chi connectivity index (χ4v) is 1.58. The molecule has 2 rings (SSSR count). The lowest BCUT2D eigenvalue weighted by Gasteiger charge is -2.06. The van der Waals surface area contributed by atoms with E-state index in [9.17, 15) is 4.39 Å². The molecule has 0 aromatic heterocycles. The van der Waals surface area contributed by atoms with Gasteiger partial charge in [-0.1, -0.05) is 35.5 Å². The van der Waals surface area contributed by atoms with Gasteiger partial charge in [-0.2, -0.15) is 0 Å². The maximum Gasteiger partial charge on any atom is 0.145 e. The third kappa shape index (κ3) is 3.81. The average molecular weight is 259 g/mol. The number of rotatable bonds is 5. The predicted molar refractivity (Wildman–Crippen MR) is 71.8 cm³/mol. The van der Waals surface area contributed by atoms with Crippen molar-refractivity contribution >= 4 is 6.21 Å². The molecule has 0 spiro atoms. The van der Waals surface area contributed by atoms with Gasteiger partial charge in [0.15, 0.2) is 0 Å². The fourth-order valence-electron chi connectivity index (χ4n) is 1.58. The lowest BCUT2D eigenvalue weighted by atomic mass is 10.2. The standard InChI is InChI=1S/C15H14FNO2/c1-18-15-5-3-2-4-13(15)11-19-17-10-12-6-8-14(16)9-7-12/h2-10H,11H2,1H3. The van der Waals surface area contributed by atoms with Gasteiger partial charge in [0.2, 0.25) is 0 Å². The number of hydrogen-bond donors (Lipinski definition) is 0. The molecule has 0 N–H and O–H groups in total. The molecule has 0 radical (unpaired) electrons. The van der Waals surface area contributed by atoms with Crippen LogP contribution in [0.25, 0.3) is 0 Å². The van der Waals surface area contributed by atoms with E-state index in [1.54, 1.807) is 19.2 Å². The molecule has 4 heteroatoms. The van der Waals surface area contributed by atoms with Gasteiger partial charge in [-0.3, -0.25) is 0 Å². The topological polar surface area (TPSA) is 30.8 Å². The molecule has 0 aliphatic heterocycles. The molecule has 2 aromatic rings. The van der Waals surface area contributed by atoms with Gasteiger partial charge < -0.3 is 9.57 Å². The Bertz CT molecular complexity index is 552. The highest BCUT2D eigenvalue weighted by Gasteiger charge is 2.00. The van der Waals surface area contributed by atoms with Crippen LogP contribution in [-0.4, -0.2) is 13.3 Å². The van der Waals surface area contributed by atoms with Crippen LogP contribution in [0, 0.1) is 5.82 Å². The van der Waals surface area contributed by atoms with Crippen molar-refractivity contribution in [2.75, 3.05) is 7.11 Å². The number of oxime groups is 1. The molecule has 0 heterocycles. The summed E-state index contributed by atoms with van der Waals surface area (Å²) in [4.78, 5) is 5.19. The number of hydrogen-bond acceptors (Lipinski definition) is 3. The summed E-state index contributed by atoms with van der Waals surface area (Å²) >= 11 is 0. The molecule has 3 nitrogen and oxygen atoms in total. The second kappa shape index (κ2) is 6.54. The van der Waals surface area contributed by atoms with Gasteiger partial charge in [0.25, 0.3) is 0 Å². The van der Waals surface area contributed by atoms with Crippen molar-refractivity contribution in [2.24, 2.45) is 5.16 Å². The van der Waals surface area contributed by atoms with E-state index in [0.717, 1.165) is 16.9 Å². The summed E-state index contributed by atoms with van der Waals surface area (Å²) in [5.41, 5.74) is 1.70. The van der Waals surface area contributed by atoms with E-state index >= 15 is 0 Å². The summed E-state index contributed by atoms with van der Waals surface area (Å²) in [7, 11) is 1.61. The largest absolute Gasteiger partial charge is 0.496 e. The van der Waals surface area contributed by atoms with Crippen molar-refractivity contribution < 1.29 is 14.0 Å². The van der Waals surface area contributed by atoms with Gasteiger partial charge >= 0.3 is 0 Å². The van der Waals surface area contributed by atoms with E-state index in [1.807, 2.05) is 24.3 Å². The van der Waals surface area contributed by atoms with Crippen LogP contribution in [-0.2, 0) is 11.4 Å². The number of para-hydroxylation sites is 1. The zero-order valence-electron chi connectivity index (χ0n) is 10.5. The van der Waals surface area contributed by atoms with Crippen molar-refractivity contribution in [3.8, 4) is 5.75 Å². The minimum Gasteiger partial charge on any atom is -0.496 e. The van der Waals surface area contributed by atoms with Gasteiger partial charge in [-0.25, -0.2) is 4.39 Å². The van der Waals surface area contributed by atoms with Crippen molar-refractivity contribution in [3.05, 3.63) is 65.5 Å². The Morgan fingerprint density at radius 1 is 1.11 bits per heavy atom. The van der Waals surface area contributed by atoms with Crippen LogP contribution in [0.1, 0.15) is 11.1 Å². The summed E-state index contributed by atoms with van der Waals surface area (Å²) in [5, 5.41) is 3.84. The van der Waals surface area contributed by atoms with Gasteiger partial charge in [-0.05, 0) is 23.8 Å². The summed E-state index contributed by atoms with van der Waals surface area (Å²) < 4.78 is 17.9. The number of halogens is 1. The second-order valence-corrected chi connectivity index (χ2v) is 3.87. The Hall–Kier alpha value is -2.36. The normalized spacial score (nSPS) is 10.6. The highest BCUT2D eigenvalue weighted by atomic mass is 19.1. The Kier molecular flexibility index (Phi) is 4.50. The van der Waals surface area contributed by atoms with E-state index in [1.165, 1.54) is 18.3 Å². The first-order valence-electron chi connectivity index (χ1n) is 5.82. The van der Waals surface area contributed by atoms with Crippen LogP contribution in [0.4, 0.5) is 4.39 Å². The minimum atomic E-state index is -0.271. The first kappa shape index (κ1) is 13.1. The molecule has 0 aliphatic rings. The van der Waals surface area contributed by atoms with Gasteiger partial charge in [-0.15, -0.1) is 0 Å². The van der Waals surface area contributed by atoms with Crippen LogP contribution in [0.15, 0.2) is 53.7 Å². The third-order valence-corrected chi connectivity index (χ3v) is 2.56. The van der Waals surface area contributed by atoms with Crippen LogP contribution in [0.3, 0.4) is 0 Å². The van der Waals surface area contributed by atoms with Crippen LogP contribution >= 0.6 is 0 Å². The molecule has 0 saturated carbocycles. The third-order valence-electron chi connectivity index (χ3n) is 2.56. The first-order chi connectivity index (χ1) is 9.29. The van der Waals surface area contributed by atoms with E-state index in [2.05, 4.69) is 5.16 Å². The lowest BCUT2D eigenvalue weighted by molar-refractivity contribution is 0.130. The Balaban J connectivity index is 1.91. The molecule has 0 aliphatic carbocycles. The fraction of sp³-hybridized carbons (Fsp3) is 0.133. The number of ether oxygens (including phenoxy) is 1.